The van der Waals surface area contributed by atoms with E-state index in [1.54, 1.807) is 0 Å². The van der Waals surface area contributed by atoms with Gasteiger partial charge >= 0.3 is 0 Å². The summed E-state index contributed by atoms with van der Waals surface area (Å²) in [5.41, 5.74) is 4.54. The van der Waals surface area contributed by atoms with Gasteiger partial charge in [0, 0.05) is 18.1 Å². The Labute approximate surface area is 134 Å². The molecule has 0 unspecified atom stereocenters. The van der Waals surface area contributed by atoms with Crippen LogP contribution >= 0.6 is 0 Å². The molecule has 0 amide bonds. The van der Waals surface area contributed by atoms with Gasteiger partial charge in [-0.3, -0.25) is 0 Å². The van der Waals surface area contributed by atoms with Gasteiger partial charge in [-0.15, -0.1) is 0 Å². The summed E-state index contributed by atoms with van der Waals surface area (Å²) in [6.07, 6.45) is 0. The van der Waals surface area contributed by atoms with Crippen LogP contribution in [0.1, 0.15) is 5.56 Å². The van der Waals surface area contributed by atoms with E-state index < -0.39 is 0 Å². The Balaban J connectivity index is 1.92. The van der Waals surface area contributed by atoms with Crippen molar-refractivity contribution in [2.24, 2.45) is 0 Å². The molecule has 3 aromatic carbocycles. The van der Waals surface area contributed by atoms with Crippen molar-refractivity contribution in [3.63, 3.8) is 0 Å². The van der Waals surface area contributed by atoms with Crippen LogP contribution in [-0.2, 0) is 0 Å². The molecule has 1 heterocycles. The fraction of sp³-hybridized carbons (Fsp3) is 0.0500. The van der Waals surface area contributed by atoms with Gasteiger partial charge < -0.3 is 9.32 Å². The second kappa shape index (κ2) is 5.19. The van der Waals surface area contributed by atoms with Crippen LogP contribution in [-0.4, -0.2) is 7.05 Å². The largest absolute Gasteiger partial charge is 0.456 e. The molecule has 0 aliphatic heterocycles. The standard InChI is InChI=1S/C20H14N2O/c1-22(15-11-9-14(13-21)10-12-15)17-6-4-8-19-20(17)16-5-2-3-7-18(16)23-19/h2-12H,1H3. The molecule has 0 atom stereocenters. The third kappa shape index (κ3) is 2.13. The van der Waals surface area contributed by atoms with Crippen molar-refractivity contribution in [2.45, 2.75) is 0 Å². The average molecular weight is 298 g/mol. The summed E-state index contributed by atoms with van der Waals surface area (Å²) in [7, 11) is 2.03. The molecule has 0 spiro atoms. The van der Waals surface area contributed by atoms with E-state index in [0.29, 0.717) is 5.56 Å². The predicted octanol–water partition coefficient (Wildman–Crippen LogP) is 5.23. The highest BCUT2D eigenvalue weighted by molar-refractivity contribution is 6.12. The highest BCUT2D eigenvalue weighted by Gasteiger charge is 2.14. The molecule has 23 heavy (non-hydrogen) atoms. The van der Waals surface area contributed by atoms with Gasteiger partial charge in [0.25, 0.3) is 0 Å². The minimum atomic E-state index is 0.661. The summed E-state index contributed by atoms with van der Waals surface area (Å²) >= 11 is 0. The molecule has 0 radical (unpaired) electrons. The number of para-hydroxylation sites is 1. The molecule has 0 aliphatic carbocycles. The zero-order valence-electron chi connectivity index (χ0n) is 12.7. The molecule has 4 aromatic rings. The maximum Gasteiger partial charge on any atom is 0.137 e. The number of nitrogens with zero attached hydrogens (tertiary/aromatic N) is 2. The number of rotatable bonds is 2. The lowest BCUT2D eigenvalue weighted by Gasteiger charge is -2.20. The maximum absolute atomic E-state index is 8.94. The lowest BCUT2D eigenvalue weighted by atomic mass is 10.1. The monoisotopic (exact) mass is 298 g/mol. The molecule has 3 nitrogen and oxygen atoms in total. The number of anilines is 2. The zero-order chi connectivity index (χ0) is 15.8. The topological polar surface area (TPSA) is 40.2 Å². The minimum Gasteiger partial charge on any atom is -0.456 e. The van der Waals surface area contributed by atoms with Crippen LogP contribution in [0, 0.1) is 11.3 Å². The first-order valence-corrected chi connectivity index (χ1v) is 7.42. The summed E-state index contributed by atoms with van der Waals surface area (Å²) in [5, 5.41) is 11.2. The van der Waals surface area contributed by atoms with Crippen molar-refractivity contribution in [1.82, 2.24) is 0 Å². The van der Waals surface area contributed by atoms with Gasteiger partial charge in [-0.25, -0.2) is 0 Å². The third-order valence-corrected chi connectivity index (χ3v) is 4.13. The molecular formula is C20H14N2O. The van der Waals surface area contributed by atoms with Gasteiger partial charge in [-0.2, -0.15) is 5.26 Å². The normalized spacial score (nSPS) is 10.8. The summed E-state index contributed by atoms with van der Waals surface area (Å²) in [6, 6.07) is 23.9. The summed E-state index contributed by atoms with van der Waals surface area (Å²) in [6.45, 7) is 0. The van der Waals surface area contributed by atoms with Crippen LogP contribution in [0.5, 0.6) is 0 Å². The first-order chi connectivity index (χ1) is 11.3. The molecule has 3 heteroatoms. The molecule has 0 bridgehead atoms. The average Bonchev–Trinajstić information content (AvgIpc) is 3.00. The van der Waals surface area contributed by atoms with E-state index in [-0.39, 0.29) is 0 Å². The van der Waals surface area contributed by atoms with Crippen molar-refractivity contribution < 1.29 is 4.42 Å². The van der Waals surface area contributed by atoms with Crippen molar-refractivity contribution in [3.05, 3.63) is 72.3 Å². The minimum absolute atomic E-state index is 0.661. The number of hydrogen-bond acceptors (Lipinski definition) is 3. The summed E-state index contributed by atoms with van der Waals surface area (Å²) in [5.74, 6) is 0. The molecule has 0 aliphatic rings. The van der Waals surface area contributed by atoms with E-state index in [1.807, 2.05) is 61.6 Å². The van der Waals surface area contributed by atoms with E-state index in [0.717, 1.165) is 33.3 Å². The Bertz CT molecular complexity index is 1040. The molecule has 0 saturated heterocycles. The van der Waals surface area contributed by atoms with E-state index in [4.69, 9.17) is 9.68 Å². The molecule has 0 N–H and O–H groups in total. The second-order valence-corrected chi connectivity index (χ2v) is 5.47. The number of benzene rings is 3. The van der Waals surface area contributed by atoms with Crippen molar-refractivity contribution in [2.75, 3.05) is 11.9 Å². The fourth-order valence-electron chi connectivity index (χ4n) is 2.93. The third-order valence-electron chi connectivity index (χ3n) is 4.13. The Morgan fingerprint density at radius 3 is 2.39 bits per heavy atom. The van der Waals surface area contributed by atoms with Gasteiger partial charge in [0.05, 0.1) is 22.7 Å². The molecule has 4 rings (SSSR count). The quantitative estimate of drug-likeness (QED) is 0.509. The number of furan rings is 1. The molecular weight excluding hydrogens is 284 g/mol. The molecule has 0 fully saturated rings. The highest BCUT2D eigenvalue weighted by atomic mass is 16.3. The first-order valence-electron chi connectivity index (χ1n) is 7.42. The second-order valence-electron chi connectivity index (χ2n) is 5.47. The molecule has 1 aromatic heterocycles. The SMILES string of the molecule is CN(c1ccc(C#N)cc1)c1cccc2oc3ccccc3c12. The van der Waals surface area contributed by atoms with Crippen LogP contribution in [0.2, 0.25) is 0 Å². The van der Waals surface area contributed by atoms with Gasteiger partial charge in [0.2, 0.25) is 0 Å². The van der Waals surface area contributed by atoms with Gasteiger partial charge in [-0.05, 0) is 42.5 Å². The first kappa shape index (κ1) is 13.4. The van der Waals surface area contributed by atoms with Gasteiger partial charge in [0.15, 0.2) is 0 Å². The maximum atomic E-state index is 8.94. The van der Waals surface area contributed by atoms with Crippen LogP contribution in [0.3, 0.4) is 0 Å². The Morgan fingerprint density at radius 1 is 0.870 bits per heavy atom. The Morgan fingerprint density at radius 2 is 1.61 bits per heavy atom. The fourth-order valence-corrected chi connectivity index (χ4v) is 2.93. The van der Waals surface area contributed by atoms with Gasteiger partial charge in [0.1, 0.15) is 11.2 Å². The molecule has 0 saturated carbocycles. The smallest absolute Gasteiger partial charge is 0.137 e. The van der Waals surface area contributed by atoms with Crippen molar-refractivity contribution >= 4 is 33.3 Å². The van der Waals surface area contributed by atoms with E-state index >= 15 is 0 Å². The predicted molar refractivity (Wildman–Crippen MR) is 92.9 cm³/mol. The lowest BCUT2D eigenvalue weighted by Crippen LogP contribution is -2.09. The van der Waals surface area contributed by atoms with Crippen LogP contribution < -0.4 is 4.90 Å². The number of nitriles is 1. The Kier molecular flexibility index (Phi) is 3.03. The summed E-state index contributed by atoms with van der Waals surface area (Å²) < 4.78 is 5.95. The summed E-state index contributed by atoms with van der Waals surface area (Å²) in [4.78, 5) is 2.12. The van der Waals surface area contributed by atoms with E-state index in [1.165, 1.54) is 0 Å². The van der Waals surface area contributed by atoms with Crippen LogP contribution in [0.25, 0.3) is 21.9 Å². The zero-order valence-corrected chi connectivity index (χ0v) is 12.7. The highest BCUT2D eigenvalue weighted by Crippen LogP contribution is 2.37. The van der Waals surface area contributed by atoms with E-state index in [9.17, 15) is 0 Å². The number of hydrogen-bond donors (Lipinski definition) is 0. The lowest BCUT2D eigenvalue weighted by molar-refractivity contribution is 0.669. The molecule has 110 valence electrons. The van der Waals surface area contributed by atoms with Crippen LogP contribution in [0.4, 0.5) is 11.4 Å². The van der Waals surface area contributed by atoms with E-state index in [2.05, 4.69) is 23.1 Å². The van der Waals surface area contributed by atoms with Gasteiger partial charge in [-0.1, -0.05) is 24.3 Å². The van der Waals surface area contributed by atoms with Crippen LogP contribution in [0.15, 0.2) is 71.1 Å². The number of fused-ring (bicyclic) bond motifs is 3. The van der Waals surface area contributed by atoms with Crippen molar-refractivity contribution in [3.8, 4) is 6.07 Å². The Hall–Kier alpha value is -3.25. The van der Waals surface area contributed by atoms with Crippen molar-refractivity contribution in [1.29, 1.82) is 5.26 Å².